The molecule has 138 valence electrons. The summed E-state index contributed by atoms with van der Waals surface area (Å²) >= 11 is 0. The average Bonchev–Trinajstić information content (AvgIpc) is 3.13. The molecule has 4 rings (SSSR count). The Morgan fingerprint density at radius 3 is 2.81 bits per heavy atom. The van der Waals surface area contributed by atoms with Crippen LogP contribution in [0.1, 0.15) is 53.7 Å². The summed E-state index contributed by atoms with van der Waals surface area (Å²) in [7, 11) is 0. The molecule has 1 aliphatic heterocycles. The molecule has 2 fully saturated rings. The summed E-state index contributed by atoms with van der Waals surface area (Å²) in [5.41, 5.74) is 0.348. The Morgan fingerprint density at radius 1 is 1.23 bits per heavy atom. The van der Waals surface area contributed by atoms with Crippen molar-refractivity contribution in [1.82, 2.24) is 20.4 Å². The number of amides is 1. The number of aromatic nitrogens is 3. The van der Waals surface area contributed by atoms with Crippen molar-refractivity contribution in [2.75, 3.05) is 36.4 Å². The molecule has 2 N–H and O–H groups in total. The minimum atomic E-state index is -0.209. The van der Waals surface area contributed by atoms with Crippen LogP contribution in [0, 0.1) is 6.92 Å². The molecule has 0 radical (unpaired) electrons. The highest BCUT2D eigenvalue weighted by molar-refractivity contribution is 5.92. The van der Waals surface area contributed by atoms with Gasteiger partial charge < -0.3 is 20.1 Å². The lowest BCUT2D eigenvalue weighted by Gasteiger charge is -2.17. The molecule has 3 heterocycles. The van der Waals surface area contributed by atoms with Gasteiger partial charge >= 0.3 is 0 Å². The van der Waals surface area contributed by atoms with Crippen molar-refractivity contribution in [3.8, 4) is 0 Å². The fourth-order valence-corrected chi connectivity index (χ4v) is 3.16. The Morgan fingerprint density at radius 2 is 2.04 bits per heavy atom. The van der Waals surface area contributed by atoms with Crippen molar-refractivity contribution in [3.05, 3.63) is 29.4 Å². The fourth-order valence-electron chi connectivity index (χ4n) is 3.16. The maximum atomic E-state index is 12.1. The third-order valence-electron chi connectivity index (χ3n) is 4.71. The summed E-state index contributed by atoms with van der Waals surface area (Å²) in [6, 6.07) is 3.72. The van der Waals surface area contributed by atoms with Crippen LogP contribution in [0.5, 0.6) is 0 Å². The molecule has 2 aromatic rings. The number of nitrogens with one attached hydrogen (secondary N) is 2. The van der Waals surface area contributed by atoms with Crippen molar-refractivity contribution in [3.63, 3.8) is 0 Å². The van der Waals surface area contributed by atoms with E-state index < -0.39 is 0 Å². The van der Waals surface area contributed by atoms with Crippen LogP contribution < -0.4 is 15.5 Å². The Hall–Kier alpha value is -2.64. The van der Waals surface area contributed by atoms with E-state index in [1.807, 2.05) is 13.0 Å². The van der Waals surface area contributed by atoms with E-state index in [0.717, 1.165) is 49.2 Å². The monoisotopic (exact) mass is 356 g/mol. The largest absolute Gasteiger partial charge is 0.368 e. The molecule has 1 amide bonds. The highest BCUT2D eigenvalue weighted by atomic mass is 16.5. The quantitative estimate of drug-likeness (QED) is 0.733. The number of hydrogen-bond acceptors (Lipinski definition) is 7. The zero-order chi connectivity index (χ0) is 17.9. The standard InChI is InChI=1S/C18H24N6O2/c1-12-21-16(11-17(22-12)24-8-2-3-9-24)19-6-7-20-18(25)14-10-15(26-23-14)13-4-5-13/h10-11,13H,2-9H2,1H3,(H,20,25)(H,19,21,22). The van der Waals surface area contributed by atoms with Crippen molar-refractivity contribution in [1.29, 1.82) is 0 Å². The van der Waals surface area contributed by atoms with E-state index in [2.05, 4.69) is 30.7 Å². The normalized spacial score (nSPS) is 16.7. The van der Waals surface area contributed by atoms with Gasteiger partial charge in [0.05, 0.1) is 0 Å². The summed E-state index contributed by atoms with van der Waals surface area (Å²) in [5, 5.41) is 9.95. The fraction of sp³-hybridized carbons (Fsp3) is 0.556. The molecular formula is C18H24N6O2. The zero-order valence-corrected chi connectivity index (χ0v) is 15.0. The number of anilines is 2. The SMILES string of the molecule is Cc1nc(NCCNC(=O)c2cc(C3CC3)on2)cc(N2CCCC2)n1. The molecule has 0 bridgehead atoms. The second-order valence-electron chi connectivity index (χ2n) is 6.92. The molecule has 8 nitrogen and oxygen atoms in total. The Bertz CT molecular complexity index is 780. The zero-order valence-electron chi connectivity index (χ0n) is 15.0. The van der Waals surface area contributed by atoms with E-state index in [4.69, 9.17) is 4.52 Å². The van der Waals surface area contributed by atoms with Gasteiger partial charge in [0.2, 0.25) is 0 Å². The first-order valence-electron chi connectivity index (χ1n) is 9.28. The topological polar surface area (TPSA) is 96.2 Å². The predicted octanol–water partition coefficient (Wildman–Crippen LogP) is 2.09. The number of aryl methyl sites for hydroxylation is 1. The molecule has 1 saturated carbocycles. The van der Waals surface area contributed by atoms with Crippen LogP contribution in [0.15, 0.2) is 16.7 Å². The van der Waals surface area contributed by atoms with Crippen LogP contribution in [0.2, 0.25) is 0 Å². The second kappa shape index (κ2) is 7.31. The summed E-state index contributed by atoms with van der Waals surface area (Å²) < 4.78 is 5.21. The van der Waals surface area contributed by atoms with E-state index in [9.17, 15) is 4.79 Å². The predicted molar refractivity (Wildman–Crippen MR) is 97.5 cm³/mol. The van der Waals surface area contributed by atoms with Gasteiger partial charge in [0, 0.05) is 44.2 Å². The van der Waals surface area contributed by atoms with Gasteiger partial charge in [-0.1, -0.05) is 5.16 Å². The first kappa shape index (κ1) is 16.8. The first-order chi connectivity index (χ1) is 12.7. The number of rotatable bonds is 7. The minimum Gasteiger partial charge on any atom is -0.368 e. The van der Waals surface area contributed by atoms with Gasteiger partial charge in [0.1, 0.15) is 23.2 Å². The molecular weight excluding hydrogens is 332 g/mol. The average molecular weight is 356 g/mol. The van der Waals surface area contributed by atoms with Crippen molar-refractivity contribution in [2.45, 2.75) is 38.5 Å². The maximum Gasteiger partial charge on any atom is 0.273 e. The third kappa shape index (κ3) is 3.95. The van der Waals surface area contributed by atoms with Crippen molar-refractivity contribution in [2.24, 2.45) is 0 Å². The number of nitrogens with zero attached hydrogens (tertiary/aromatic N) is 4. The lowest BCUT2D eigenvalue weighted by Crippen LogP contribution is -2.29. The molecule has 0 unspecified atom stereocenters. The number of carbonyl (C=O) groups is 1. The highest BCUT2D eigenvalue weighted by Crippen LogP contribution is 2.40. The summed E-state index contributed by atoms with van der Waals surface area (Å²) in [6.07, 6.45) is 4.67. The smallest absolute Gasteiger partial charge is 0.273 e. The number of carbonyl (C=O) groups excluding carboxylic acids is 1. The highest BCUT2D eigenvalue weighted by Gasteiger charge is 2.28. The van der Waals surface area contributed by atoms with E-state index in [1.54, 1.807) is 6.07 Å². The van der Waals surface area contributed by atoms with E-state index in [-0.39, 0.29) is 5.91 Å². The second-order valence-corrected chi connectivity index (χ2v) is 6.92. The van der Waals surface area contributed by atoms with Crippen LogP contribution in [0.4, 0.5) is 11.6 Å². The van der Waals surface area contributed by atoms with Gasteiger partial charge in [-0.25, -0.2) is 9.97 Å². The minimum absolute atomic E-state index is 0.209. The van der Waals surface area contributed by atoms with Crippen LogP contribution in [0.25, 0.3) is 0 Å². The van der Waals surface area contributed by atoms with Gasteiger partial charge in [-0.2, -0.15) is 0 Å². The third-order valence-corrected chi connectivity index (χ3v) is 4.71. The lowest BCUT2D eigenvalue weighted by molar-refractivity contribution is 0.0946. The molecule has 2 aromatic heterocycles. The Kier molecular flexibility index (Phi) is 4.73. The van der Waals surface area contributed by atoms with Gasteiger partial charge in [0.15, 0.2) is 5.69 Å². The molecule has 0 aromatic carbocycles. The molecule has 26 heavy (non-hydrogen) atoms. The van der Waals surface area contributed by atoms with Crippen molar-refractivity contribution < 1.29 is 9.32 Å². The lowest BCUT2D eigenvalue weighted by atomic mass is 10.3. The number of hydrogen-bond donors (Lipinski definition) is 2. The van der Waals surface area contributed by atoms with E-state index in [1.165, 1.54) is 12.8 Å². The van der Waals surface area contributed by atoms with E-state index in [0.29, 0.717) is 24.7 Å². The molecule has 0 atom stereocenters. The summed E-state index contributed by atoms with van der Waals surface area (Å²) in [6.45, 7) is 5.05. The van der Waals surface area contributed by atoms with Crippen LogP contribution in [0.3, 0.4) is 0 Å². The van der Waals surface area contributed by atoms with Crippen molar-refractivity contribution >= 4 is 17.5 Å². The summed E-state index contributed by atoms with van der Waals surface area (Å²) in [5.74, 6) is 3.56. The van der Waals surface area contributed by atoms with Gasteiger partial charge in [-0.05, 0) is 32.6 Å². The van der Waals surface area contributed by atoms with Crippen LogP contribution >= 0.6 is 0 Å². The van der Waals surface area contributed by atoms with Crippen LogP contribution in [-0.4, -0.2) is 47.2 Å². The summed E-state index contributed by atoms with van der Waals surface area (Å²) in [4.78, 5) is 23.3. The Labute approximate surface area is 152 Å². The molecule has 8 heteroatoms. The van der Waals surface area contributed by atoms with Gasteiger partial charge in [-0.15, -0.1) is 0 Å². The molecule has 0 spiro atoms. The first-order valence-corrected chi connectivity index (χ1v) is 9.28. The molecule has 1 aliphatic carbocycles. The Balaban J connectivity index is 1.26. The maximum absolute atomic E-state index is 12.1. The van der Waals surface area contributed by atoms with Crippen LogP contribution in [-0.2, 0) is 0 Å². The van der Waals surface area contributed by atoms with E-state index >= 15 is 0 Å². The van der Waals surface area contributed by atoms with Gasteiger partial charge in [-0.3, -0.25) is 4.79 Å². The van der Waals surface area contributed by atoms with Gasteiger partial charge in [0.25, 0.3) is 5.91 Å². The molecule has 1 saturated heterocycles. The molecule has 2 aliphatic rings.